The summed E-state index contributed by atoms with van der Waals surface area (Å²) in [5, 5.41) is 11.2. The molecule has 0 aliphatic heterocycles. The van der Waals surface area contributed by atoms with Gasteiger partial charge in [-0.1, -0.05) is 23.2 Å². The van der Waals surface area contributed by atoms with Crippen LogP contribution in [0.15, 0.2) is 23.1 Å². The first-order chi connectivity index (χ1) is 9.36. The van der Waals surface area contributed by atoms with Gasteiger partial charge in [0.25, 0.3) is 0 Å². The van der Waals surface area contributed by atoms with Crippen LogP contribution in [0.2, 0.25) is 10.0 Å². The van der Waals surface area contributed by atoms with Gasteiger partial charge in [-0.25, -0.2) is 13.1 Å². The van der Waals surface area contributed by atoms with E-state index in [1.807, 2.05) is 0 Å². The Balaban J connectivity index is 2.66. The predicted octanol–water partition coefficient (Wildman–Crippen LogP) is 0.770. The van der Waals surface area contributed by atoms with Gasteiger partial charge in [0, 0.05) is 18.2 Å². The zero-order valence-electron chi connectivity index (χ0n) is 10.4. The zero-order chi connectivity index (χ0) is 15.2. The molecule has 1 aromatic carbocycles. The van der Waals surface area contributed by atoms with Crippen LogP contribution in [0.3, 0.4) is 0 Å². The first-order valence-electron chi connectivity index (χ1n) is 5.69. The number of carbonyl (C=O) groups excluding carboxylic acids is 1. The fourth-order valence-corrected chi connectivity index (χ4v) is 3.03. The highest BCUT2D eigenvalue weighted by molar-refractivity contribution is 7.89. The van der Waals surface area contributed by atoms with Crippen molar-refractivity contribution in [2.45, 2.75) is 11.3 Å². The molecule has 0 unspecified atom stereocenters. The third-order valence-electron chi connectivity index (χ3n) is 2.26. The lowest BCUT2D eigenvalue weighted by molar-refractivity contribution is -0.119. The fraction of sp³-hybridized carbons (Fsp3) is 0.364. The van der Waals surface area contributed by atoms with E-state index in [9.17, 15) is 13.2 Å². The summed E-state index contributed by atoms with van der Waals surface area (Å²) in [4.78, 5) is 11.2. The van der Waals surface area contributed by atoms with Crippen LogP contribution in [-0.4, -0.2) is 39.1 Å². The van der Waals surface area contributed by atoms with Gasteiger partial charge in [0.2, 0.25) is 15.9 Å². The molecule has 0 heterocycles. The topological polar surface area (TPSA) is 95.5 Å². The second-order valence-corrected chi connectivity index (χ2v) is 6.41. The van der Waals surface area contributed by atoms with Gasteiger partial charge in [0.1, 0.15) is 4.90 Å². The van der Waals surface area contributed by atoms with Crippen LogP contribution in [0.1, 0.15) is 6.42 Å². The Morgan fingerprint density at radius 3 is 2.65 bits per heavy atom. The van der Waals surface area contributed by atoms with Gasteiger partial charge in [-0.05, 0) is 24.6 Å². The van der Waals surface area contributed by atoms with Crippen LogP contribution < -0.4 is 10.0 Å². The van der Waals surface area contributed by atoms with E-state index in [1.165, 1.54) is 18.2 Å². The molecule has 6 nitrogen and oxygen atoms in total. The van der Waals surface area contributed by atoms with E-state index in [-0.39, 0.29) is 28.1 Å². The lowest BCUT2D eigenvalue weighted by Gasteiger charge is -2.09. The van der Waals surface area contributed by atoms with Crippen molar-refractivity contribution in [1.29, 1.82) is 0 Å². The highest BCUT2D eigenvalue weighted by Gasteiger charge is 2.19. The fourth-order valence-electron chi connectivity index (χ4n) is 1.29. The SMILES string of the molecule is O=C(CNS(=O)(=O)c1cc(Cl)ccc1Cl)NCCCO. The number of amides is 1. The number of aliphatic hydroxyl groups is 1. The summed E-state index contributed by atoms with van der Waals surface area (Å²) in [6.07, 6.45) is 0.401. The van der Waals surface area contributed by atoms with Gasteiger partial charge >= 0.3 is 0 Å². The van der Waals surface area contributed by atoms with Crippen molar-refractivity contribution in [2.24, 2.45) is 0 Å². The average Bonchev–Trinajstić information content (AvgIpc) is 2.39. The third kappa shape index (κ3) is 5.26. The molecule has 1 rings (SSSR count). The van der Waals surface area contributed by atoms with Crippen molar-refractivity contribution < 1.29 is 18.3 Å². The molecular weight excluding hydrogens is 327 g/mol. The van der Waals surface area contributed by atoms with Gasteiger partial charge in [0.15, 0.2) is 0 Å². The van der Waals surface area contributed by atoms with Crippen molar-refractivity contribution in [1.82, 2.24) is 10.0 Å². The van der Waals surface area contributed by atoms with Crippen molar-refractivity contribution in [3.63, 3.8) is 0 Å². The molecule has 0 radical (unpaired) electrons. The van der Waals surface area contributed by atoms with Gasteiger partial charge in [-0.15, -0.1) is 0 Å². The summed E-state index contributed by atoms with van der Waals surface area (Å²) < 4.78 is 26.1. The number of aliphatic hydroxyl groups excluding tert-OH is 1. The maximum atomic E-state index is 12.0. The Morgan fingerprint density at radius 1 is 1.30 bits per heavy atom. The molecule has 112 valence electrons. The van der Waals surface area contributed by atoms with Gasteiger partial charge in [0.05, 0.1) is 11.6 Å². The summed E-state index contributed by atoms with van der Waals surface area (Å²) in [5.74, 6) is -0.500. The quantitative estimate of drug-likeness (QED) is 0.639. The number of sulfonamides is 1. The Morgan fingerprint density at radius 2 is 2.00 bits per heavy atom. The number of hydrogen-bond donors (Lipinski definition) is 3. The van der Waals surface area contributed by atoms with Crippen LogP contribution in [-0.2, 0) is 14.8 Å². The molecule has 1 amide bonds. The lowest BCUT2D eigenvalue weighted by Crippen LogP contribution is -2.37. The number of carbonyl (C=O) groups is 1. The summed E-state index contributed by atoms with van der Waals surface area (Å²) in [7, 11) is -3.92. The molecular formula is C11H14Cl2N2O4S. The summed E-state index contributed by atoms with van der Waals surface area (Å²) in [6.45, 7) is -0.199. The van der Waals surface area contributed by atoms with Gasteiger partial charge in [-0.2, -0.15) is 0 Å². The van der Waals surface area contributed by atoms with Gasteiger partial charge < -0.3 is 10.4 Å². The van der Waals surface area contributed by atoms with E-state index in [1.54, 1.807) is 0 Å². The molecule has 1 aromatic rings. The molecule has 0 aromatic heterocycles. The zero-order valence-corrected chi connectivity index (χ0v) is 12.7. The van der Waals surface area contributed by atoms with E-state index in [0.717, 1.165) is 0 Å². The molecule has 0 saturated heterocycles. The number of hydrogen-bond acceptors (Lipinski definition) is 4. The normalized spacial score (nSPS) is 11.3. The largest absolute Gasteiger partial charge is 0.396 e. The monoisotopic (exact) mass is 340 g/mol. The Bertz CT molecular complexity index is 578. The molecule has 0 atom stereocenters. The minimum Gasteiger partial charge on any atom is -0.396 e. The van der Waals surface area contributed by atoms with E-state index >= 15 is 0 Å². The molecule has 9 heteroatoms. The highest BCUT2D eigenvalue weighted by atomic mass is 35.5. The summed E-state index contributed by atoms with van der Waals surface area (Å²) in [6, 6.07) is 4.03. The molecule has 0 spiro atoms. The Kier molecular flexibility index (Phi) is 6.70. The van der Waals surface area contributed by atoms with Crippen molar-refractivity contribution in [2.75, 3.05) is 19.7 Å². The van der Waals surface area contributed by atoms with E-state index in [2.05, 4.69) is 10.0 Å². The number of benzene rings is 1. The lowest BCUT2D eigenvalue weighted by atomic mass is 10.4. The Hall–Kier alpha value is -0.860. The highest BCUT2D eigenvalue weighted by Crippen LogP contribution is 2.24. The molecule has 0 aliphatic carbocycles. The molecule has 0 bridgehead atoms. The molecule has 0 fully saturated rings. The maximum absolute atomic E-state index is 12.0. The van der Waals surface area contributed by atoms with Gasteiger partial charge in [-0.3, -0.25) is 4.79 Å². The number of halogens is 2. The maximum Gasteiger partial charge on any atom is 0.242 e. The van der Waals surface area contributed by atoms with E-state index in [4.69, 9.17) is 28.3 Å². The number of nitrogens with one attached hydrogen (secondary N) is 2. The van der Waals surface area contributed by atoms with Crippen LogP contribution >= 0.6 is 23.2 Å². The van der Waals surface area contributed by atoms with Crippen LogP contribution in [0, 0.1) is 0 Å². The van der Waals surface area contributed by atoms with E-state index < -0.39 is 22.5 Å². The molecule has 3 N–H and O–H groups in total. The first kappa shape index (κ1) is 17.2. The second-order valence-electron chi connectivity index (χ2n) is 3.83. The second kappa shape index (κ2) is 7.80. The predicted molar refractivity (Wildman–Crippen MR) is 76.4 cm³/mol. The Labute approximate surface area is 127 Å². The third-order valence-corrected chi connectivity index (χ3v) is 4.38. The molecule has 0 aliphatic rings. The van der Waals surface area contributed by atoms with Crippen LogP contribution in [0.4, 0.5) is 0 Å². The van der Waals surface area contributed by atoms with Crippen molar-refractivity contribution in [3.05, 3.63) is 28.2 Å². The average molecular weight is 341 g/mol. The first-order valence-corrected chi connectivity index (χ1v) is 7.93. The summed E-state index contributed by atoms with van der Waals surface area (Å²) >= 11 is 11.5. The minimum atomic E-state index is -3.92. The standard InChI is InChI=1S/C11H14Cl2N2O4S/c12-8-2-3-9(13)10(6-8)20(18,19)15-7-11(17)14-4-1-5-16/h2-3,6,15-16H,1,4-5,7H2,(H,14,17). The minimum absolute atomic E-state index is 0.0163. The van der Waals surface area contributed by atoms with Crippen LogP contribution in [0.5, 0.6) is 0 Å². The van der Waals surface area contributed by atoms with Crippen molar-refractivity contribution >= 4 is 39.1 Å². The molecule has 20 heavy (non-hydrogen) atoms. The van der Waals surface area contributed by atoms with Crippen molar-refractivity contribution in [3.8, 4) is 0 Å². The molecule has 0 saturated carbocycles. The summed E-state index contributed by atoms with van der Waals surface area (Å²) in [5.41, 5.74) is 0. The smallest absolute Gasteiger partial charge is 0.242 e. The number of rotatable bonds is 7. The van der Waals surface area contributed by atoms with Crippen LogP contribution in [0.25, 0.3) is 0 Å². The van der Waals surface area contributed by atoms with E-state index in [0.29, 0.717) is 6.42 Å².